The largest absolute Gasteiger partial charge is 0.365 e. The smallest absolute Gasteiger partial charge is 0.166 e. The lowest BCUT2D eigenvalue weighted by molar-refractivity contribution is 0.555. The minimum atomic E-state index is -2.89. The molecule has 2 rings (SSSR count). The summed E-state index contributed by atoms with van der Waals surface area (Å²) in [5.74, 6) is 0.0522. The summed E-state index contributed by atoms with van der Waals surface area (Å²) in [6, 6.07) is 1.30. The van der Waals surface area contributed by atoms with E-state index in [1.54, 1.807) is 0 Å². The van der Waals surface area contributed by atoms with Gasteiger partial charge in [0.25, 0.3) is 0 Å². The highest BCUT2D eigenvalue weighted by atomic mass is 79.9. The Labute approximate surface area is 108 Å². The minimum Gasteiger partial charge on any atom is -0.365 e. The maximum absolute atomic E-state index is 13.5. The molecule has 0 unspecified atom stereocenters. The predicted molar refractivity (Wildman–Crippen MR) is 67.2 cm³/mol. The molecule has 0 spiro atoms. The number of halogens is 2. The van der Waals surface area contributed by atoms with Crippen molar-refractivity contribution in [2.75, 3.05) is 16.8 Å². The first kappa shape index (κ1) is 12.8. The third-order valence-corrected chi connectivity index (χ3v) is 4.85. The van der Waals surface area contributed by atoms with Crippen molar-refractivity contribution in [3.05, 3.63) is 22.6 Å². The normalized spacial score (nSPS) is 20.1. The molecule has 0 atom stereocenters. The molecule has 1 fully saturated rings. The molecule has 0 aliphatic carbocycles. The number of anilines is 1. The van der Waals surface area contributed by atoms with Gasteiger partial charge in [-0.25, -0.2) is 17.8 Å². The highest BCUT2D eigenvalue weighted by Crippen LogP contribution is 2.20. The Morgan fingerprint density at radius 3 is 2.65 bits per heavy atom. The van der Waals surface area contributed by atoms with Crippen LogP contribution in [0.1, 0.15) is 12.8 Å². The third-order valence-electron chi connectivity index (χ3n) is 2.70. The molecule has 4 nitrogen and oxygen atoms in total. The summed E-state index contributed by atoms with van der Waals surface area (Å²) in [6.45, 7) is 0. The Bertz CT molecular complexity index is 507. The Hall–Kier alpha value is -0.690. The maximum Gasteiger partial charge on any atom is 0.166 e. The quantitative estimate of drug-likeness (QED) is 0.904. The van der Waals surface area contributed by atoms with Gasteiger partial charge in [-0.3, -0.25) is 0 Å². The van der Waals surface area contributed by atoms with E-state index in [4.69, 9.17) is 0 Å². The second-order valence-electron chi connectivity index (χ2n) is 4.05. The van der Waals surface area contributed by atoms with Gasteiger partial charge < -0.3 is 5.32 Å². The van der Waals surface area contributed by atoms with Gasteiger partial charge in [-0.1, -0.05) is 0 Å². The zero-order valence-corrected chi connectivity index (χ0v) is 11.4. The van der Waals surface area contributed by atoms with Gasteiger partial charge in [0, 0.05) is 16.7 Å². The van der Waals surface area contributed by atoms with Crippen LogP contribution in [0.2, 0.25) is 0 Å². The summed E-state index contributed by atoms with van der Waals surface area (Å²) in [4.78, 5) is 3.93. The molecule has 0 saturated carbocycles. The van der Waals surface area contributed by atoms with Gasteiger partial charge in [0.05, 0.1) is 11.5 Å². The maximum atomic E-state index is 13.5. The fourth-order valence-corrected chi connectivity index (χ4v) is 3.54. The molecule has 1 aromatic rings. The van der Waals surface area contributed by atoms with Gasteiger partial charge in [0.15, 0.2) is 11.6 Å². The lowest BCUT2D eigenvalue weighted by atomic mass is 10.1. The Balaban J connectivity index is 2.02. The summed E-state index contributed by atoms with van der Waals surface area (Å²) in [5, 5.41) is 2.94. The van der Waals surface area contributed by atoms with Crippen LogP contribution >= 0.6 is 15.9 Å². The van der Waals surface area contributed by atoms with Crippen molar-refractivity contribution in [1.82, 2.24) is 4.98 Å². The molecule has 1 aromatic heterocycles. The Morgan fingerprint density at radius 1 is 1.41 bits per heavy atom. The average molecular weight is 323 g/mol. The van der Waals surface area contributed by atoms with E-state index < -0.39 is 15.7 Å². The van der Waals surface area contributed by atoms with Crippen molar-refractivity contribution in [3.63, 3.8) is 0 Å². The Morgan fingerprint density at radius 2 is 2.06 bits per heavy atom. The van der Waals surface area contributed by atoms with Crippen LogP contribution in [0.3, 0.4) is 0 Å². The van der Waals surface area contributed by atoms with Crippen molar-refractivity contribution in [3.8, 4) is 0 Å². The van der Waals surface area contributed by atoms with Crippen LogP contribution in [-0.4, -0.2) is 30.9 Å². The fourth-order valence-electron chi connectivity index (χ4n) is 1.75. The number of rotatable bonds is 2. The first-order valence-corrected chi connectivity index (χ1v) is 7.86. The van der Waals surface area contributed by atoms with E-state index in [9.17, 15) is 12.8 Å². The van der Waals surface area contributed by atoms with Gasteiger partial charge >= 0.3 is 0 Å². The van der Waals surface area contributed by atoms with Crippen LogP contribution in [0, 0.1) is 5.82 Å². The molecule has 0 aromatic carbocycles. The van der Waals surface area contributed by atoms with Gasteiger partial charge in [0.2, 0.25) is 0 Å². The second-order valence-corrected chi connectivity index (χ2v) is 7.27. The SMILES string of the molecule is O=S1(=O)CCC(Nc2ncc(Br)cc2F)CC1. The zero-order chi connectivity index (χ0) is 12.5. The highest BCUT2D eigenvalue weighted by Gasteiger charge is 2.24. The standard InChI is InChI=1S/C10H12BrFN2O2S/c11-7-5-9(12)10(13-6-7)14-8-1-3-17(15,16)4-2-8/h5-6,8H,1-4H2,(H,13,14). The van der Waals surface area contributed by atoms with Gasteiger partial charge in [-0.2, -0.15) is 0 Å². The molecule has 94 valence electrons. The zero-order valence-electron chi connectivity index (χ0n) is 8.99. The summed E-state index contributed by atoms with van der Waals surface area (Å²) >= 11 is 3.13. The van der Waals surface area contributed by atoms with Crippen molar-refractivity contribution in [2.24, 2.45) is 0 Å². The van der Waals surface area contributed by atoms with Crippen molar-refractivity contribution in [1.29, 1.82) is 0 Å². The molecule has 1 aliphatic heterocycles. The van der Waals surface area contributed by atoms with Gasteiger partial charge in [-0.15, -0.1) is 0 Å². The highest BCUT2D eigenvalue weighted by molar-refractivity contribution is 9.10. The molecular weight excluding hydrogens is 311 g/mol. The van der Waals surface area contributed by atoms with E-state index in [1.807, 2.05) is 0 Å². The minimum absolute atomic E-state index is 0.0262. The lowest BCUT2D eigenvalue weighted by Crippen LogP contribution is -2.32. The van der Waals surface area contributed by atoms with E-state index >= 15 is 0 Å². The number of aromatic nitrogens is 1. The molecule has 7 heteroatoms. The van der Waals surface area contributed by atoms with Crippen molar-refractivity contribution >= 4 is 31.6 Å². The topological polar surface area (TPSA) is 59.1 Å². The molecule has 0 amide bonds. The molecule has 1 N–H and O–H groups in total. The molecule has 1 aliphatic rings. The molecule has 0 radical (unpaired) electrons. The molecular formula is C10H12BrFN2O2S. The fraction of sp³-hybridized carbons (Fsp3) is 0.500. The van der Waals surface area contributed by atoms with Crippen LogP contribution in [0.4, 0.5) is 10.2 Å². The first-order chi connectivity index (χ1) is 7.96. The summed E-state index contributed by atoms with van der Waals surface area (Å²) in [6.07, 6.45) is 2.50. The molecule has 0 bridgehead atoms. The van der Waals surface area contributed by atoms with Crippen LogP contribution in [0.5, 0.6) is 0 Å². The molecule has 2 heterocycles. The predicted octanol–water partition coefficient (Wildman–Crippen LogP) is 1.97. The second kappa shape index (κ2) is 4.89. The van der Waals surface area contributed by atoms with E-state index in [1.165, 1.54) is 12.3 Å². The van der Waals surface area contributed by atoms with Crippen LogP contribution in [0.15, 0.2) is 16.7 Å². The number of nitrogens with zero attached hydrogens (tertiary/aromatic N) is 1. The summed E-state index contributed by atoms with van der Waals surface area (Å²) in [7, 11) is -2.89. The lowest BCUT2D eigenvalue weighted by Gasteiger charge is -2.23. The van der Waals surface area contributed by atoms with E-state index in [0.717, 1.165) is 0 Å². The van der Waals surface area contributed by atoms with Gasteiger partial charge in [-0.05, 0) is 34.8 Å². The van der Waals surface area contributed by atoms with Crippen LogP contribution < -0.4 is 5.32 Å². The number of sulfone groups is 1. The Kier molecular flexibility index (Phi) is 3.67. The average Bonchev–Trinajstić information content (AvgIpc) is 2.25. The monoisotopic (exact) mass is 322 g/mol. The van der Waals surface area contributed by atoms with E-state index in [0.29, 0.717) is 17.3 Å². The van der Waals surface area contributed by atoms with E-state index in [2.05, 4.69) is 26.2 Å². The van der Waals surface area contributed by atoms with Crippen LogP contribution in [0.25, 0.3) is 0 Å². The number of hydrogen-bond acceptors (Lipinski definition) is 4. The van der Waals surface area contributed by atoms with Gasteiger partial charge in [0.1, 0.15) is 9.84 Å². The molecule has 1 saturated heterocycles. The van der Waals surface area contributed by atoms with Crippen molar-refractivity contribution < 1.29 is 12.8 Å². The number of pyridine rings is 1. The number of nitrogens with one attached hydrogen (secondary N) is 1. The summed E-state index contributed by atoms with van der Waals surface area (Å²) < 4.78 is 36.5. The third kappa shape index (κ3) is 3.38. The number of hydrogen-bond donors (Lipinski definition) is 1. The van der Waals surface area contributed by atoms with E-state index in [-0.39, 0.29) is 23.4 Å². The summed E-state index contributed by atoms with van der Waals surface area (Å²) in [5.41, 5.74) is 0. The molecule has 17 heavy (non-hydrogen) atoms. The van der Waals surface area contributed by atoms with Crippen molar-refractivity contribution in [2.45, 2.75) is 18.9 Å². The van der Waals surface area contributed by atoms with Crippen LogP contribution in [-0.2, 0) is 9.84 Å². The first-order valence-electron chi connectivity index (χ1n) is 5.24.